The number of fused-ring (bicyclic) bond motifs is 1. The van der Waals surface area contributed by atoms with Gasteiger partial charge in [0.1, 0.15) is 10.7 Å². The molecule has 28 heavy (non-hydrogen) atoms. The van der Waals surface area contributed by atoms with Crippen LogP contribution in [-0.4, -0.2) is 31.3 Å². The van der Waals surface area contributed by atoms with Gasteiger partial charge in [0.2, 0.25) is 11.8 Å². The van der Waals surface area contributed by atoms with Crippen LogP contribution in [0, 0.1) is 20.8 Å². The van der Waals surface area contributed by atoms with Gasteiger partial charge in [-0.05, 0) is 40.2 Å². The lowest BCUT2D eigenvalue weighted by atomic mass is 10.0. The van der Waals surface area contributed by atoms with E-state index in [0.717, 1.165) is 15.3 Å². The monoisotopic (exact) mass is 421 g/mol. The Kier molecular flexibility index (Phi) is 5.62. The van der Waals surface area contributed by atoms with Crippen LogP contribution in [0.4, 0.5) is 0 Å². The fourth-order valence-electron chi connectivity index (χ4n) is 2.67. The molecule has 0 fully saturated rings. The van der Waals surface area contributed by atoms with Crippen molar-refractivity contribution in [2.75, 3.05) is 0 Å². The number of thiophene rings is 1. The van der Waals surface area contributed by atoms with Gasteiger partial charge in [0.05, 0.1) is 21.9 Å². The summed E-state index contributed by atoms with van der Waals surface area (Å²) < 4.78 is 5.00. The molecule has 2 N–H and O–H groups in total. The van der Waals surface area contributed by atoms with Gasteiger partial charge in [-0.2, -0.15) is 4.98 Å². The number of hydrogen-bond acceptors (Lipinski definition) is 8. The Morgan fingerprint density at radius 1 is 1.32 bits per heavy atom. The number of aromatic amines is 1. The number of carbonyl (C=O) groups is 1. The highest BCUT2D eigenvalue weighted by Gasteiger charge is 2.30. The molecule has 0 aliphatic rings. The van der Waals surface area contributed by atoms with E-state index in [2.05, 4.69) is 25.4 Å². The summed E-state index contributed by atoms with van der Waals surface area (Å²) in [6, 6.07) is 0. The fraction of sp³-hybridized carbons (Fsp3) is 0.500. The maximum atomic E-state index is 12.6. The smallest absolute Gasteiger partial charge is 0.259 e. The zero-order chi connectivity index (χ0) is 20.6. The summed E-state index contributed by atoms with van der Waals surface area (Å²) >= 11 is 2.92. The fourth-order valence-corrected chi connectivity index (χ4v) is 4.47. The summed E-state index contributed by atoms with van der Waals surface area (Å²) in [5.41, 5.74) is 0.0917. The first-order chi connectivity index (χ1) is 13.1. The normalized spacial score (nSPS) is 13.1. The maximum absolute atomic E-state index is 12.6. The average molecular weight is 422 g/mol. The van der Waals surface area contributed by atoms with Crippen LogP contribution in [0.1, 0.15) is 48.8 Å². The van der Waals surface area contributed by atoms with Gasteiger partial charge in [-0.25, -0.2) is 4.98 Å². The molecule has 0 spiro atoms. The standard InChI is InChI=1S/C18H23N5O3S2/c1-8-9(2)28-16-13(8)15(25)20-12(21-16)7-27-10(3)14(24)22-18(5,6)17-19-11(4)26-23-17/h10H,7H2,1-6H3,(H,22,24)(H,20,21,25). The van der Waals surface area contributed by atoms with Crippen LogP contribution in [0.2, 0.25) is 0 Å². The molecule has 1 unspecified atom stereocenters. The lowest BCUT2D eigenvalue weighted by Gasteiger charge is -2.24. The summed E-state index contributed by atoms with van der Waals surface area (Å²) in [6.07, 6.45) is 0. The highest BCUT2D eigenvalue weighted by Crippen LogP contribution is 2.27. The van der Waals surface area contributed by atoms with Crippen LogP contribution in [-0.2, 0) is 16.1 Å². The molecule has 0 saturated carbocycles. The lowest BCUT2D eigenvalue weighted by molar-refractivity contribution is -0.122. The zero-order valence-electron chi connectivity index (χ0n) is 16.7. The van der Waals surface area contributed by atoms with Crippen molar-refractivity contribution in [3.8, 4) is 0 Å². The number of aryl methyl sites for hydroxylation is 3. The Morgan fingerprint density at radius 3 is 2.68 bits per heavy atom. The molecule has 0 aliphatic heterocycles. The van der Waals surface area contributed by atoms with Crippen molar-refractivity contribution in [1.82, 2.24) is 25.4 Å². The van der Waals surface area contributed by atoms with Gasteiger partial charge >= 0.3 is 0 Å². The van der Waals surface area contributed by atoms with E-state index >= 15 is 0 Å². The Balaban J connectivity index is 1.66. The number of hydrogen-bond donors (Lipinski definition) is 2. The van der Waals surface area contributed by atoms with E-state index in [1.165, 1.54) is 23.1 Å². The Labute approximate surface area is 170 Å². The average Bonchev–Trinajstić information content (AvgIpc) is 3.17. The minimum absolute atomic E-state index is 0.131. The van der Waals surface area contributed by atoms with Crippen molar-refractivity contribution in [2.45, 2.75) is 58.1 Å². The predicted molar refractivity (Wildman–Crippen MR) is 111 cm³/mol. The van der Waals surface area contributed by atoms with Crippen molar-refractivity contribution in [3.63, 3.8) is 0 Å². The van der Waals surface area contributed by atoms with Crippen molar-refractivity contribution in [2.24, 2.45) is 0 Å². The topological polar surface area (TPSA) is 114 Å². The molecule has 3 aromatic rings. The van der Waals surface area contributed by atoms with Crippen LogP contribution in [0.25, 0.3) is 10.2 Å². The predicted octanol–water partition coefficient (Wildman–Crippen LogP) is 2.97. The van der Waals surface area contributed by atoms with Crippen LogP contribution < -0.4 is 10.9 Å². The maximum Gasteiger partial charge on any atom is 0.259 e. The number of carbonyl (C=O) groups excluding carboxylic acids is 1. The third kappa shape index (κ3) is 4.12. The van der Waals surface area contributed by atoms with Crippen LogP contribution in [0.3, 0.4) is 0 Å². The molecule has 10 heteroatoms. The number of thioether (sulfide) groups is 1. The highest BCUT2D eigenvalue weighted by molar-refractivity contribution is 7.99. The molecule has 1 atom stereocenters. The second-order valence-electron chi connectivity index (χ2n) is 7.18. The summed E-state index contributed by atoms with van der Waals surface area (Å²) in [5, 5.41) is 7.13. The van der Waals surface area contributed by atoms with Crippen molar-refractivity contribution < 1.29 is 9.32 Å². The third-order valence-corrected chi connectivity index (χ3v) is 6.70. The summed E-state index contributed by atoms with van der Waals surface area (Å²) in [7, 11) is 0. The second-order valence-corrected chi connectivity index (χ2v) is 9.71. The molecule has 3 heterocycles. The molecule has 1 amide bonds. The van der Waals surface area contributed by atoms with Crippen molar-refractivity contribution in [1.29, 1.82) is 0 Å². The number of amides is 1. The van der Waals surface area contributed by atoms with E-state index in [0.29, 0.717) is 28.7 Å². The summed E-state index contributed by atoms with van der Waals surface area (Å²) in [4.78, 5) is 38.3. The van der Waals surface area contributed by atoms with Gasteiger partial charge in [-0.1, -0.05) is 5.16 Å². The molecule has 150 valence electrons. The minimum atomic E-state index is -0.749. The van der Waals surface area contributed by atoms with E-state index in [-0.39, 0.29) is 16.7 Å². The molecular formula is C18H23N5O3S2. The molecule has 0 aromatic carbocycles. The lowest BCUT2D eigenvalue weighted by Crippen LogP contribution is -2.45. The van der Waals surface area contributed by atoms with E-state index in [4.69, 9.17) is 4.52 Å². The quantitative estimate of drug-likeness (QED) is 0.629. The highest BCUT2D eigenvalue weighted by atomic mass is 32.2. The molecule has 3 rings (SSSR count). The zero-order valence-corrected chi connectivity index (χ0v) is 18.3. The first-order valence-corrected chi connectivity index (χ1v) is 10.7. The van der Waals surface area contributed by atoms with Gasteiger partial charge in [0.25, 0.3) is 5.56 Å². The van der Waals surface area contributed by atoms with E-state index in [1.54, 1.807) is 6.92 Å². The van der Waals surface area contributed by atoms with E-state index in [1.807, 2.05) is 34.6 Å². The van der Waals surface area contributed by atoms with E-state index in [9.17, 15) is 9.59 Å². The molecule has 0 radical (unpaired) electrons. The van der Waals surface area contributed by atoms with Crippen LogP contribution >= 0.6 is 23.1 Å². The Morgan fingerprint density at radius 2 is 2.04 bits per heavy atom. The SMILES string of the molecule is Cc1nc(C(C)(C)NC(=O)C(C)SCc2nc3sc(C)c(C)c3c(=O)[nH]2)no1. The third-order valence-electron chi connectivity index (χ3n) is 4.45. The molecule has 8 nitrogen and oxygen atoms in total. The number of H-pyrrole nitrogens is 1. The molecule has 0 saturated heterocycles. The number of nitrogens with one attached hydrogen (secondary N) is 2. The van der Waals surface area contributed by atoms with E-state index < -0.39 is 5.54 Å². The van der Waals surface area contributed by atoms with Crippen molar-refractivity contribution >= 4 is 39.2 Å². The van der Waals surface area contributed by atoms with Crippen LogP contribution in [0.15, 0.2) is 9.32 Å². The first-order valence-electron chi connectivity index (χ1n) is 8.82. The molecule has 0 aliphatic carbocycles. The largest absolute Gasteiger partial charge is 0.343 e. The summed E-state index contributed by atoms with van der Waals surface area (Å²) in [6.45, 7) is 11.1. The number of aromatic nitrogens is 4. The van der Waals surface area contributed by atoms with Gasteiger partial charge in [-0.3, -0.25) is 9.59 Å². The van der Waals surface area contributed by atoms with Gasteiger partial charge in [0, 0.05) is 11.8 Å². The minimum Gasteiger partial charge on any atom is -0.343 e. The van der Waals surface area contributed by atoms with Gasteiger partial charge in [-0.15, -0.1) is 23.1 Å². The summed E-state index contributed by atoms with van der Waals surface area (Å²) in [5.74, 6) is 1.72. The van der Waals surface area contributed by atoms with Gasteiger partial charge in [0.15, 0.2) is 5.82 Å². The number of nitrogens with zero attached hydrogens (tertiary/aromatic N) is 3. The van der Waals surface area contributed by atoms with Crippen molar-refractivity contribution in [3.05, 3.63) is 38.3 Å². The molecule has 3 aromatic heterocycles. The molecular weight excluding hydrogens is 398 g/mol. The Bertz CT molecular complexity index is 1080. The second kappa shape index (κ2) is 7.67. The molecule has 0 bridgehead atoms. The Hall–Kier alpha value is -2.20. The van der Waals surface area contributed by atoms with Gasteiger partial charge < -0.3 is 14.8 Å². The first kappa shape index (κ1) is 20.5. The number of rotatable bonds is 6. The van der Waals surface area contributed by atoms with Crippen LogP contribution in [0.5, 0.6) is 0 Å².